The van der Waals surface area contributed by atoms with E-state index in [4.69, 9.17) is 4.74 Å². The molecule has 122 valence electrons. The van der Waals surface area contributed by atoms with Crippen LogP contribution in [-0.2, 0) is 28.4 Å². The lowest BCUT2D eigenvalue weighted by atomic mass is 10.1. The van der Waals surface area contributed by atoms with Gasteiger partial charge in [-0.05, 0) is 35.7 Å². The number of thioether (sulfide) groups is 1. The number of benzene rings is 1. The topological polar surface area (TPSA) is 51.2 Å². The van der Waals surface area contributed by atoms with Gasteiger partial charge in [-0.25, -0.2) is 0 Å². The van der Waals surface area contributed by atoms with E-state index >= 15 is 0 Å². The third kappa shape index (κ3) is 6.84. The first kappa shape index (κ1) is 17.5. The molecule has 0 fully saturated rings. The summed E-state index contributed by atoms with van der Waals surface area (Å²) in [5.74, 6) is 1.33. The molecule has 4 nitrogen and oxygen atoms in total. The summed E-state index contributed by atoms with van der Waals surface area (Å²) in [6.07, 6.45) is 3.54. The second kappa shape index (κ2) is 10.0. The minimum Gasteiger partial charge on any atom is -0.377 e. The fraction of sp³-hybridized carbons (Fsp3) is 0.333. The van der Waals surface area contributed by atoms with Crippen LogP contribution in [0.15, 0.2) is 48.8 Å². The Kier molecular flexibility index (Phi) is 7.63. The molecule has 0 saturated carbocycles. The molecule has 0 aliphatic carbocycles. The van der Waals surface area contributed by atoms with Crippen LogP contribution in [0.4, 0.5) is 0 Å². The first-order valence-electron chi connectivity index (χ1n) is 7.67. The Bertz CT molecular complexity index is 605. The van der Waals surface area contributed by atoms with Crippen molar-refractivity contribution in [3.63, 3.8) is 0 Å². The molecule has 0 saturated heterocycles. The van der Waals surface area contributed by atoms with Crippen molar-refractivity contribution >= 4 is 17.7 Å². The Morgan fingerprint density at radius 2 is 1.96 bits per heavy atom. The van der Waals surface area contributed by atoms with Crippen molar-refractivity contribution in [3.05, 3.63) is 65.5 Å². The number of carbonyl (C=O) groups excluding carboxylic acids is 1. The molecular formula is C18H22N2O2S. The van der Waals surface area contributed by atoms with Gasteiger partial charge in [0.2, 0.25) is 5.91 Å². The van der Waals surface area contributed by atoms with Crippen LogP contribution in [0.5, 0.6) is 0 Å². The predicted molar refractivity (Wildman–Crippen MR) is 94.0 cm³/mol. The Morgan fingerprint density at radius 3 is 2.74 bits per heavy atom. The summed E-state index contributed by atoms with van der Waals surface area (Å²) in [5, 5.41) is 2.96. The molecule has 0 aliphatic rings. The van der Waals surface area contributed by atoms with E-state index in [0.29, 0.717) is 25.5 Å². The van der Waals surface area contributed by atoms with E-state index in [1.165, 1.54) is 5.56 Å². The largest absolute Gasteiger partial charge is 0.377 e. The van der Waals surface area contributed by atoms with Crippen LogP contribution < -0.4 is 5.32 Å². The lowest BCUT2D eigenvalue weighted by molar-refractivity contribution is -0.118. The third-order valence-electron chi connectivity index (χ3n) is 3.21. The summed E-state index contributed by atoms with van der Waals surface area (Å²) in [4.78, 5) is 15.9. The average molecular weight is 330 g/mol. The maximum absolute atomic E-state index is 11.9. The first-order chi connectivity index (χ1) is 11.3. The Morgan fingerprint density at radius 1 is 1.17 bits per heavy atom. The van der Waals surface area contributed by atoms with E-state index in [-0.39, 0.29) is 5.91 Å². The molecule has 1 heterocycles. The summed E-state index contributed by atoms with van der Waals surface area (Å²) in [6.45, 7) is 3.85. The number of hydrogen-bond acceptors (Lipinski definition) is 4. The normalized spacial score (nSPS) is 10.5. The number of amides is 1. The smallest absolute Gasteiger partial charge is 0.230 e. The molecule has 1 aromatic carbocycles. The van der Waals surface area contributed by atoms with E-state index < -0.39 is 0 Å². The summed E-state index contributed by atoms with van der Waals surface area (Å²) < 4.78 is 5.40. The minimum absolute atomic E-state index is 0.0549. The first-order valence-corrected chi connectivity index (χ1v) is 8.82. The predicted octanol–water partition coefficient (Wildman–Crippen LogP) is 3.17. The van der Waals surface area contributed by atoms with Crippen molar-refractivity contribution < 1.29 is 9.53 Å². The van der Waals surface area contributed by atoms with Crippen molar-refractivity contribution in [2.45, 2.75) is 25.8 Å². The van der Waals surface area contributed by atoms with Crippen molar-refractivity contribution in [1.29, 1.82) is 0 Å². The van der Waals surface area contributed by atoms with Crippen LogP contribution in [-0.4, -0.2) is 23.3 Å². The van der Waals surface area contributed by atoms with Crippen molar-refractivity contribution in [2.24, 2.45) is 0 Å². The van der Waals surface area contributed by atoms with Crippen LogP contribution in [0.25, 0.3) is 0 Å². The van der Waals surface area contributed by atoms with Crippen LogP contribution >= 0.6 is 11.8 Å². The maximum Gasteiger partial charge on any atom is 0.230 e. The molecule has 0 spiro atoms. The average Bonchev–Trinajstić information content (AvgIpc) is 2.59. The van der Waals surface area contributed by atoms with Gasteiger partial charge in [-0.3, -0.25) is 9.78 Å². The molecule has 0 atom stereocenters. The number of hydrogen-bond donors (Lipinski definition) is 1. The highest BCUT2D eigenvalue weighted by atomic mass is 32.2. The van der Waals surface area contributed by atoms with Crippen LogP contribution in [0.2, 0.25) is 0 Å². The van der Waals surface area contributed by atoms with Crippen LogP contribution in [0.3, 0.4) is 0 Å². The molecule has 0 radical (unpaired) electrons. The summed E-state index contributed by atoms with van der Waals surface area (Å²) >= 11 is 1.60. The van der Waals surface area contributed by atoms with Gasteiger partial charge in [0.25, 0.3) is 0 Å². The van der Waals surface area contributed by atoms with Crippen molar-refractivity contribution in [1.82, 2.24) is 10.3 Å². The van der Waals surface area contributed by atoms with Crippen molar-refractivity contribution in [3.8, 4) is 0 Å². The lowest BCUT2D eigenvalue weighted by Gasteiger charge is -2.08. The number of nitrogens with one attached hydrogen (secondary N) is 1. The van der Waals surface area contributed by atoms with E-state index in [2.05, 4.69) is 16.4 Å². The molecule has 0 unspecified atom stereocenters. The van der Waals surface area contributed by atoms with Gasteiger partial charge in [-0.15, -0.1) is 11.8 Å². The highest BCUT2D eigenvalue weighted by Gasteiger charge is 2.03. The van der Waals surface area contributed by atoms with E-state index in [1.54, 1.807) is 24.2 Å². The number of ether oxygens (including phenoxy) is 1. The Labute approximate surface area is 141 Å². The summed E-state index contributed by atoms with van der Waals surface area (Å²) in [6, 6.07) is 12.0. The molecule has 0 bridgehead atoms. The summed E-state index contributed by atoms with van der Waals surface area (Å²) in [7, 11) is 0. The minimum atomic E-state index is 0.0549. The number of pyridine rings is 1. The van der Waals surface area contributed by atoms with E-state index in [9.17, 15) is 4.79 Å². The second-order valence-corrected chi connectivity index (χ2v) is 6.07. The standard InChI is InChI=1S/C18H22N2O2S/c1-2-22-12-17-5-3-4-16(10-17)11-20-18(21)14-23-13-15-6-8-19-9-7-15/h3-10H,2,11-14H2,1H3,(H,20,21). The molecule has 2 rings (SSSR count). The zero-order chi connectivity index (χ0) is 16.3. The number of aromatic nitrogens is 1. The van der Waals surface area contributed by atoms with E-state index in [1.807, 2.05) is 37.3 Å². The lowest BCUT2D eigenvalue weighted by Crippen LogP contribution is -2.24. The third-order valence-corrected chi connectivity index (χ3v) is 4.21. The number of nitrogens with zero attached hydrogens (tertiary/aromatic N) is 1. The molecule has 1 amide bonds. The van der Waals surface area contributed by atoms with Gasteiger partial charge in [-0.2, -0.15) is 0 Å². The highest BCUT2D eigenvalue weighted by Crippen LogP contribution is 2.11. The molecule has 1 N–H and O–H groups in total. The Hall–Kier alpha value is -1.85. The van der Waals surface area contributed by atoms with Crippen LogP contribution in [0.1, 0.15) is 23.6 Å². The highest BCUT2D eigenvalue weighted by molar-refractivity contribution is 7.99. The summed E-state index contributed by atoms with van der Waals surface area (Å²) in [5.41, 5.74) is 3.40. The molecule has 0 aliphatic heterocycles. The van der Waals surface area contributed by atoms with Crippen molar-refractivity contribution in [2.75, 3.05) is 12.4 Å². The quantitative estimate of drug-likeness (QED) is 0.767. The van der Waals surface area contributed by atoms with Gasteiger partial charge in [0.05, 0.1) is 12.4 Å². The monoisotopic (exact) mass is 330 g/mol. The van der Waals surface area contributed by atoms with Gasteiger partial charge in [-0.1, -0.05) is 24.3 Å². The SMILES string of the molecule is CCOCc1cccc(CNC(=O)CSCc2ccncc2)c1. The fourth-order valence-corrected chi connectivity index (χ4v) is 2.86. The Balaban J connectivity index is 1.69. The molecule has 23 heavy (non-hydrogen) atoms. The number of carbonyl (C=O) groups is 1. The molecule has 5 heteroatoms. The van der Waals surface area contributed by atoms with Gasteiger partial charge in [0.1, 0.15) is 0 Å². The zero-order valence-electron chi connectivity index (χ0n) is 13.3. The fourth-order valence-electron chi connectivity index (χ4n) is 2.04. The number of rotatable bonds is 9. The van der Waals surface area contributed by atoms with E-state index in [0.717, 1.165) is 16.9 Å². The molecule has 2 aromatic rings. The maximum atomic E-state index is 11.9. The van der Waals surface area contributed by atoms with Crippen LogP contribution in [0, 0.1) is 0 Å². The van der Waals surface area contributed by atoms with Gasteiger partial charge >= 0.3 is 0 Å². The van der Waals surface area contributed by atoms with Gasteiger partial charge in [0.15, 0.2) is 0 Å². The molecule has 1 aromatic heterocycles. The molecular weight excluding hydrogens is 308 g/mol. The van der Waals surface area contributed by atoms with Gasteiger partial charge in [0, 0.05) is 31.3 Å². The van der Waals surface area contributed by atoms with Gasteiger partial charge < -0.3 is 10.1 Å². The zero-order valence-corrected chi connectivity index (χ0v) is 14.1. The second-order valence-electron chi connectivity index (χ2n) is 5.08.